The number of aromatic amines is 1. The number of benzene rings is 1. The molecule has 25 heavy (non-hydrogen) atoms. The van der Waals surface area contributed by atoms with Gasteiger partial charge in [-0.25, -0.2) is 4.98 Å². The molecular formula is C18H18N4O3. The number of ether oxygens (including phenoxy) is 2. The Morgan fingerprint density at radius 3 is 2.72 bits per heavy atom. The molecule has 0 unspecified atom stereocenters. The van der Waals surface area contributed by atoms with Gasteiger partial charge in [-0.2, -0.15) is 5.10 Å². The van der Waals surface area contributed by atoms with E-state index in [1.54, 1.807) is 38.4 Å². The van der Waals surface area contributed by atoms with Gasteiger partial charge in [-0.1, -0.05) is 18.2 Å². The second kappa shape index (κ2) is 7.48. The van der Waals surface area contributed by atoms with Gasteiger partial charge in [-0.05, 0) is 25.1 Å². The number of H-pyrrole nitrogens is 1. The third-order valence-electron chi connectivity index (χ3n) is 3.64. The van der Waals surface area contributed by atoms with Crippen LogP contribution in [0.15, 0.2) is 48.8 Å². The molecule has 1 amide bonds. The number of pyridine rings is 1. The van der Waals surface area contributed by atoms with Crippen LogP contribution in [-0.4, -0.2) is 28.2 Å². The van der Waals surface area contributed by atoms with Crippen molar-refractivity contribution in [1.82, 2.24) is 20.5 Å². The van der Waals surface area contributed by atoms with Crippen LogP contribution in [0.25, 0.3) is 0 Å². The molecule has 3 aromatic rings. The Hall–Kier alpha value is -3.35. The van der Waals surface area contributed by atoms with Crippen LogP contribution in [0.2, 0.25) is 0 Å². The highest BCUT2D eigenvalue weighted by Gasteiger charge is 2.13. The van der Waals surface area contributed by atoms with Gasteiger partial charge in [0.1, 0.15) is 0 Å². The number of nitrogens with zero attached hydrogens (tertiary/aromatic N) is 2. The van der Waals surface area contributed by atoms with E-state index >= 15 is 0 Å². The van der Waals surface area contributed by atoms with Gasteiger partial charge >= 0.3 is 0 Å². The number of aromatic nitrogens is 3. The number of hydrogen-bond donors (Lipinski definition) is 2. The largest absolute Gasteiger partial charge is 0.493 e. The lowest BCUT2D eigenvalue weighted by molar-refractivity contribution is 0.0950. The molecule has 2 aromatic heterocycles. The van der Waals surface area contributed by atoms with Crippen molar-refractivity contribution in [3.63, 3.8) is 0 Å². The van der Waals surface area contributed by atoms with E-state index in [-0.39, 0.29) is 12.5 Å². The lowest BCUT2D eigenvalue weighted by atomic mass is 10.2. The van der Waals surface area contributed by atoms with E-state index in [4.69, 9.17) is 9.47 Å². The molecule has 0 aliphatic rings. The number of methoxy groups -OCH3 is 1. The summed E-state index contributed by atoms with van der Waals surface area (Å²) in [5, 5.41) is 9.44. The summed E-state index contributed by atoms with van der Waals surface area (Å²) < 4.78 is 11.2. The summed E-state index contributed by atoms with van der Waals surface area (Å²) >= 11 is 0. The van der Waals surface area contributed by atoms with Gasteiger partial charge in [0.15, 0.2) is 11.5 Å². The number of hydrogen-bond acceptors (Lipinski definition) is 5. The van der Waals surface area contributed by atoms with E-state index in [9.17, 15) is 4.79 Å². The molecule has 1 aromatic carbocycles. The highest BCUT2D eigenvalue weighted by molar-refractivity contribution is 5.94. The normalized spacial score (nSPS) is 10.3. The molecule has 0 atom stereocenters. The van der Waals surface area contributed by atoms with Crippen LogP contribution >= 0.6 is 0 Å². The maximum absolute atomic E-state index is 12.2. The van der Waals surface area contributed by atoms with E-state index in [0.29, 0.717) is 28.6 Å². The topological polar surface area (TPSA) is 89.1 Å². The Bertz CT molecular complexity index is 876. The summed E-state index contributed by atoms with van der Waals surface area (Å²) in [7, 11) is 1.58. The summed E-state index contributed by atoms with van der Waals surface area (Å²) in [5.74, 6) is 1.37. The maximum Gasteiger partial charge on any atom is 0.255 e. The number of amides is 1. The van der Waals surface area contributed by atoms with E-state index in [1.807, 2.05) is 18.2 Å². The lowest BCUT2D eigenvalue weighted by Crippen LogP contribution is -2.23. The minimum absolute atomic E-state index is 0.210. The first-order valence-corrected chi connectivity index (χ1v) is 7.72. The van der Waals surface area contributed by atoms with Gasteiger partial charge in [0.25, 0.3) is 5.91 Å². The van der Waals surface area contributed by atoms with Gasteiger partial charge < -0.3 is 14.8 Å². The first-order chi connectivity index (χ1) is 12.2. The van der Waals surface area contributed by atoms with Crippen molar-refractivity contribution in [2.45, 2.75) is 13.5 Å². The molecule has 128 valence electrons. The van der Waals surface area contributed by atoms with Crippen molar-refractivity contribution in [1.29, 1.82) is 0 Å². The molecule has 2 heterocycles. The van der Waals surface area contributed by atoms with Gasteiger partial charge in [0.05, 0.1) is 18.9 Å². The quantitative estimate of drug-likeness (QED) is 0.721. The second-order valence-electron chi connectivity index (χ2n) is 5.31. The fraction of sp³-hybridized carbons (Fsp3) is 0.167. The second-order valence-corrected chi connectivity index (χ2v) is 5.31. The molecule has 0 aliphatic heterocycles. The van der Waals surface area contributed by atoms with Crippen LogP contribution < -0.4 is 14.8 Å². The molecule has 7 nitrogen and oxygen atoms in total. The minimum Gasteiger partial charge on any atom is -0.493 e. The van der Waals surface area contributed by atoms with Crippen molar-refractivity contribution < 1.29 is 14.3 Å². The highest BCUT2D eigenvalue weighted by Crippen LogP contribution is 2.31. The smallest absolute Gasteiger partial charge is 0.255 e. The predicted molar refractivity (Wildman–Crippen MR) is 91.8 cm³/mol. The summed E-state index contributed by atoms with van der Waals surface area (Å²) in [6.45, 7) is 2.07. The Labute approximate surface area is 145 Å². The zero-order chi connectivity index (χ0) is 17.6. The van der Waals surface area contributed by atoms with Crippen molar-refractivity contribution >= 4 is 5.91 Å². The van der Waals surface area contributed by atoms with Crippen LogP contribution in [0.1, 0.15) is 21.6 Å². The average Bonchev–Trinajstić information content (AvgIpc) is 3.07. The third kappa shape index (κ3) is 3.77. The molecule has 0 radical (unpaired) electrons. The molecule has 3 rings (SSSR count). The number of carbonyl (C=O) groups is 1. The van der Waals surface area contributed by atoms with Gasteiger partial charge in [0, 0.05) is 24.0 Å². The van der Waals surface area contributed by atoms with Gasteiger partial charge in [-0.3, -0.25) is 9.89 Å². The van der Waals surface area contributed by atoms with E-state index < -0.39 is 0 Å². The van der Waals surface area contributed by atoms with Crippen LogP contribution in [0.5, 0.6) is 17.4 Å². The van der Waals surface area contributed by atoms with Crippen molar-refractivity contribution in [2.24, 2.45) is 0 Å². The molecule has 0 saturated heterocycles. The first kappa shape index (κ1) is 16.5. The maximum atomic E-state index is 12.2. The number of carbonyl (C=O) groups excluding carboxylic acids is 1. The van der Waals surface area contributed by atoms with Crippen LogP contribution in [-0.2, 0) is 6.54 Å². The molecule has 0 bridgehead atoms. The summed E-state index contributed by atoms with van der Waals surface area (Å²) in [4.78, 5) is 16.5. The van der Waals surface area contributed by atoms with E-state index in [1.165, 1.54) is 6.20 Å². The van der Waals surface area contributed by atoms with Crippen molar-refractivity contribution in [3.8, 4) is 17.4 Å². The third-order valence-corrected chi connectivity index (χ3v) is 3.64. The highest BCUT2D eigenvalue weighted by atomic mass is 16.5. The molecule has 0 fully saturated rings. The Kier molecular flexibility index (Phi) is 4.94. The summed E-state index contributed by atoms with van der Waals surface area (Å²) in [6.07, 6.45) is 3.14. The Morgan fingerprint density at radius 2 is 2.00 bits per heavy atom. The van der Waals surface area contributed by atoms with Gasteiger partial charge in [-0.15, -0.1) is 0 Å². The SMILES string of the molecule is COc1ccccc1Oc1ncccc1CNC(=O)c1cn[nH]c1C. The predicted octanol–water partition coefficient (Wildman–Crippen LogP) is 2.84. The van der Waals surface area contributed by atoms with E-state index in [0.717, 1.165) is 5.56 Å². The summed E-state index contributed by atoms with van der Waals surface area (Å²) in [5.41, 5.74) is 1.98. The fourth-order valence-electron chi connectivity index (χ4n) is 2.31. The van der Waals surface area contributed by atoms with Crippen LogP contribution in [0, 0.1) is 6.92 Å². The van der Waals surface area contributed by atoms with E-state index in [2.05, 4.69) is 20.5 Å². The molecule has 0 spiro atoms. The average molecular weight is 338 g/mol. The molecule has 2 N–H and O–H groups in total. The van der Waals surface area contributed by atoms with Crippen LogP contribution in [0.4, 0.5) is 0 Å². The minimum atomic E-state index is -0.210. The van der Waals surface area contributed by atoms with Crippen molar-refractivity contribution in [2.75, 3.05) is 7.11 Å². The zero-order valence-corrected chi connectivity index (χ0v) is 13.9. The Balaban J connectivity index is 1.75. The lowest BCUT2D eigenvalue weighted by Gasteiger charge is -2.12. The number of para-hydroxylation sites is 2. The first-order valence-electron chi connectivity index (χ1n) is 7.72. The molecule has 7 heteroatoms. The van der Waals surface area contributed by atoms with Crippen molar-refractivity contribution in [3.05, 3.63) is 65.6 Å². The molecule has 0 aliphatic carbocycles. The monoisotopic (exact) mass is 338 g/mol. The number of rotatable bonds is 6. The summed E-state index contributed by atoms with van der Waals surface area (Å²) in [6, 6.07) is 11.0. The Morgan fingerprint density at radius 1 is 1.20 bits per heavy atom. The van der Waals surface area contributed by atoms with Gasteiger partial charge in [0.2, 0.25) is 5.88 Å². The fourth-order valence-corrected chi connectivity index (χ4v) is 2.31. The standard InChI is InChI=1S/C18H18N4O3/c1-12-14(11-21-22-12)17(23)20-10-13-6-5-9-19-18(13)25-16-8-4-3-7-15(16)24-2/h3-9,11H,10H2,1-2H3,(H,20,23)(H,21,22). The molecular weight excluding hydrogens is 320 g/mol. The number of nitrogens with one attached hydrogen (secondary N) is 2. The number of aryl methyl sites for hydroxylation is 1. The molecule has 0 saturated carbocycles. The van der Waals surface area contributed by atoms with Crippen LogP contribution in [0.3, 0.4) is 0 Å². The zero-order valence-electron chi connectivity index (χ0n) is 13.9.